The van der Waals surface area contributed by atoms with Gasteiger partial charge in [-0.2, -0.15) is 0 Å². The Labute approximate surface area is 272 Å². The largest absolute Gasteiger partial charge is 0.135 e. The number of fused-ring (bicyclic) bond motifs is 10. The topological polar surface area (TPSA) is 0 Å². The van der Waals surface area contributed by atoms with Crippen LogP contribution in [0.3, 0.4) is 0 Å². The van der Waals surface area contributed by atoms with Gasteiger partial charge < -0.3 is 0 Å². The predicted molar refractivity (Wildman–Crippen MR) is 200 cm³/mol. The van der Waals surface area contributed by atoms with Crippen LogP contribution >= 0.6 is 11.3 Å². The third kappa shape index (κ3) is 3.44. The zero-order valence-corrected chi connectivity index (χ0v) is 26.6. The van der Waals surface area contributed by atoms with Crippen LogP contribution in [0.25, 0.3) is 85.9 Å². The van der Waals surface area contributed by atoms with Crippen molar-refractivity contribution in [3.05, 3.63) is 157 Å². The Hall–Kier alpha value is -5.24. The van der Waals surface area contributed by atoms with Gasteiger partial charge in [0.25, 0.3) is 0 Å². The normalized spacial score (nSPS) is 13.6. The molecule has 0 nitrogen and oxygen atoms in total. The van der Waals surface area contributed by atoms with Crippen molar-refractivity contribution in [1.82, 2.24) is 0 Å². The van der Waals surface area contributed by atoms with Gasteiger partial charge in [0.2, 0.25) is 0 Å². The van der Waals surface area contributed by atoms with Crippen LogP contribution in [0.15, 0.2) is 146 Å². The van der Waals surface area contributed by atoms with E-state index in [1.165, 1.54) is 97.0 Å². The van der Waals surface area contributed by atoms with Crippen LogP contribution in [0.5, 0.6) is 0 Å². The summed E-state index contributed by atoms with van der Waals surface area (Å²) in [7, 11) is 0. The molecule has 0 unspecified atom stereocenters. The Kier molecular flexibility index (Phi) is 5.31. The van der Waals surface area contributed by atoms with Crippen LogP contribution < -0.4 is 0 Å². The maximum absolute atomic E-state index is 2.49. The highest BCUT2D eigenvalue weighted by Gasteiger charge is 2.37. The Morgan fingerprint density at radius 3 is 1.76 bits per heavy atom. The van der Waals surface area contributed by atoms with Crippen molar-refractivity contribution in [2.45, 2.75) is 19.3 Å². The van der Waals surface area contributed by atoms with Crippen molar-refractivity contribution >= 4 is 63.8 Å². The minimum Gasteiger partial charge on any atom is -0.135 e. The number of rotatable bonds is 2. The fourth-order valence-electron chi connectivity index (χ4n) is 8.43. The van der Waals surface area contributed by atoms with E-state index in [0.717, 1.165) is 0 Å². The van der Waals surface area contributed by atoms with Crippen LogP contribution in [-0.4, -0.2) is 0 Å². The molecule has 0 radical (unpaired) electrons. The summed E-state index contributed by atoms with van der Waals surface area (Å²) >= 11 is 1.91. The molecule has 46 heavy (non-hydrogen) atoms. The van der Waals surface area contributed by atoms with Crippen molar-refractivity contribution in [3.8, 4) is 33.4 Å². The minimum atomic E-state index is -0.107. The maximum Gasteiger partial charge on any atom is 0.0434 e. The summed E-state index contributed by atoms with van der Waals surface area (Å²) in [5, 5.41) is 10.5. The number of thiophene rings is 1. The first kappa shape index (κ1) is 26.0. The summed E-state index contributed by atoms with van der Waals surface area (Å²) in [4.78, 5) is 0. The second-order valence-corrected chi connectivity index (χ2v) is 14.3. The van der Waals surface area contributed by atoms with Gasteiger partial charge in [0.15, 0.2) is 0 Å². The lowest BCUT2D eigenvalue weighted by Gasteiger charge is -2.24. The molecule has 1 heteroatoms. The fourth-order valence-corrected chi connectivity index (χ4v) is 9.65. The van der Waals surface area contributed by atoms with Gasteiger partial charge in [-0.25, -0.2) is 0 Å². The van der Waals surface area contributed by atoms with Gasteiger partial charge in [-0.1, -0.05) is 147 Å². The van der Waals surface area contributed by atoms with Crippen LogP contribution in [0, 0.1) is 0 Å². The van der Waals surface area contributed by atoms with Gasteiger partial charge >= 0.3 is 0 Å². The molecule has 0 fully saturated rings. The predicted octanol–water partition coefficient (Wildman–Crippen LogP) is 13.2. The second-order valence-electron chi connectivity index (χ2n) is 13.2. The van der Waals surface area contributed by atoms with E-state index in [1.54, 1.807) is 0 Å². The van der Waals surface area contributed by atoms with Crippen molar-refractivity contribution in [3.63, 3.8) is 0 Å². The SMILES string of the molecule is CC1(C)c2cc(-c3c4ccccc4c(-c4cccc5c4sc4ccccc45)c4ccccc34)ccc2-c2ccc3ccccc3c21. The van der Waals surface area contributed by atoms with E-state index >= 15 is 0 Å². The molecule has 1 aromatic heterocycles. The lowest BCUT2D eigenvalue weighted by molar-refractivity contribution is 0.666. The first-order chi connectivity index (χ1) is 22.6. The van der Waals surface area contributed by atoms with Gasteiger partial charge in [0.1, 0.15) is 0 Å². The quantitative estimate of drug-likeness (QED) is 0.173. The molecule has 0 atom stereocenters. The Morgan fingerprint density at radius 2 is 1.02 bits per heavy atom. The maximum atomic E-state index is 2.49. The molecule has 0 amide bonds. The Balaban J connectivity index is 1.27. The fraction of sp³-hybridized carbons (Fsp3) is 0.0667. The summed E-state index contributed by atoms with van der Waals surface area (Å²) in [5.74, 6) is 0. The first-order valence-corrected chi connectivity index (χ1v) is 16.9. The standard InChI is InChI=1S/C45H30S/c1-45(2)39-26-28(23-24-30(39)36-25-22-27-12-3-4-13-29(27)43(36)45)41-32-15-5-7-17-34(32)42(35-18-8-6-16-33(35)41)38-20-11-19-37-31-14-9-10-21-40(31)46-44(37)38/h3-26H,1-2H3. The van der Waals surface area contributed by atoms with Crippen LogP contribution in [0.4, 0.5) is 0 Å². The Morgan fingerprint density at radius 1 is 0.435 bits per heavy atom. The average molecular weight is 603 g/mol. The monoisotopic (exact) mass is 602 g/mol. The molecule has 0 aliphatic heterocycles. The van der Waals surface area contributed by atoms with E-state index in [9.17, 15) is 0 Å². The van der Waals surface area contributed by atoms with Gasteiger partial charge in [-0.3, -0.25) is 0 Å². The minimum absolute atomic E-state index is 0.107. The molecule has 0 N–H and O–H groups in total. The molecular weight excluding hydrogens is 573 g/mol. The number of benzene rings is 8. The molecule has 10 rings (SSSR count). The molecule has 0 spiro atoms. The summed E-state index contributed by atoms with van der Waals surface area (Å²) in [5.41, 5.74) is 10.7. The van der Waals surface area contributed by atoms with Gasteiger partial charge in [0, 0.05) is 31.2 Å². The van der Waals surface area contributed by atoms with E-state index < -0.39 is 0 Å². The molecule has 8 aromatic carbocycles. The molecule has 1 aliphatic rings. The zero-order chi connectivity index (χ0) is 30.6. The van der Waals surface area contributed by atoms with Gasteiger partial charge in [-0.15, -0.1) is 11.3 Å². The van der Waals surface area contributed by atoms with E-state index in [-0.39, 0.29) is 5.41 Å². The smallest absolute Gasteiger partial charge is 0.0434 e. The van der Waals surface area contributed by atoms with Gasteiger partial charge in [-0.05, 0) is 83.4 Å². The Bertz CT molecular complexity index is 2660. The third-order valence-electron chi connectivity index (χ3n) is 10.4. The summed E-state index contributed by atoms with van der Waals surface area (Å²) in [6, 6.07) is 54.4. The second kappa shape index (κ2) is 9.39. The zero-order valence-electron chi connectivity index (χ0n) is 25.8. The van der Waals surface area contributed by atoms with Crippen molar-refractivity contribution in [2.75, 3.05) is 0 Å². The van der Waals surface area contributed by atoms with E-state index in [4.69, 9.17) is 0 Å². The first-order valence-electron chi connectivity index (χ1n) is 16.1. The summed E-state index contributed by atoms with van der Waals surface area (Å²) in [6.07, 6.45) is 0. The molecule has 9 aromatic rings. The van der Waals surface area contributed by atoms with Crippen molar-refractivity contribution < 1.29 is 0 Å². The van der Waals surface area contributed by atoms with Crippen LogP contribution in [-0.2, 0) is 5.41 Å². The summed E-state index contributed by atoms with van der Waals surface area (Å²) < 4.78 is 2.70. The van der Waals surface area contributed by atoms with Crippen LogP contribution in [0.2, 0.25) is 0 Å². The average Bonchev–Trinajstić information content (AvgIpc) is 3.59. The lowest BCUT2D eigenvalue weighted by atomic mass is 9.79. The highest BCUT2D eigenvalue weighted by molar-refractivity contribution is 7.26. The van der Waals surface area contributed by atoms with Crippen molar-refractivity contribution in [2.24, 2.45) is 0 Å². The molecule has 1 heterocycles. The lowest BCUT2D eigenvalue weighted by Crippen LogP contribution is -2.15. The van der Waals surface area contributed by atoms with Crippen molar-refractivity contribution in [1.29, 1.82) is 0 Å². The van der Waals surface area contributed by atoms with Crippen LogP contribution in [0.1, 0.15) is 25.0 Å². The van der Waals surface area contributed by atoms with E-state index in [1.807, 2.05) is 11.3 Å². The third-order valence-corrected chi connectivity index (χ3v) is 11.7. The molecule has 216 valence electrons. The molecule has 0 bridgehead atoms. The summed E-state index contributed by atoms with van der Waals surface area (Å²) in [6.45, 7) is 4.80. The molecule has 0 saturated heterocycles. The van der Waals surface area contributed by atoms with Gasteiger partial charge in [0.05, 0.1) is 0 Å². The number of hydrogen-bond acceptors (Lipinski definition) is 1. The molecule has 1 aliphatic carbocycles. The van der Waals surface area contributed by atoms with E-state index in [2.05, 4.69) is 159 Å². The molecular formula is C45H30S. The highest BCUT2D eigenvalue weighted by atomic mass is 32.1. The highest BCUT2D eigenvalue weighted by Crippen LogP contribution is 2.53. The molecule has 0 saturated carbocycles. The van der Waals surface area contributed by atoms with E-state index in [0.29, 0.717) is 0 Å². The number of hydrogen-bond donors (Lipinski definition) is 0.